The van der Waals surface area contributed by atoms with Crippen LogP contribution in [0.3, 0.4) is 0 Å². The summed E-state index contributed by atoms with van der Waals surface area (Å²) in [6.07, 6.45) is 3.97. The molecule has 3 rings (SSSR count). The summed E-state index contributed by atoms with van der Waals surface area (Å²) in [6, 6.07) is 2.52. The smallest absolute Gasteiger partial charge is 0.0227 e. The first kappa shape index (κ1) is 10.4. The fraction of sp³-hybridized carbons (Fsp3) is 1.00. The van der Waals surface area contributed by atoms with E-state index in [1.165, 1.54) is 38.9 Å². The first-order valence-electron chi connectivity index (χ1n) is 6.29. The van der Waals surface area contributed by atoms with Gasteiger partial charge in [0.1, 0.15) is 0 Å². The van der Waals surface area contributed by atoms with E-state index in [2.05, 4.69) is 30.6 Å². The van der Waals surface area contributed by atoms with Crippen molar-refractivity contribution < 1.29 is 0 Å². The summed E-state index contributed by atoms with van der Waals surface area (Å²) in [5, 5.41) is 0. The van der Waals surface area contributed by atoms with Gasteiger partial charge in [-0.25, -0.2) is 0 Å². The van der Waals surface area contributed by atoms with E-state index in [1.54, 1.807) is 0 Å². The molecule has 14 heavy (non-hydrogen) atoms. The molecule has 3 aliphatic rings. The summed E-state index contributed by atoms with van der Waals surface area (Å²) in [5.41, 5.74) is 0. The van der Waals surface area contributed by atoms with E-state index in [-0.39, 0.29) is 0 Å². The standard InChI is InChI=1S/C12H24N2/c1-4-10-7-13-8-11(5-2)14(10)12(6-3)9-13/h10-12H,4-9H2,1-3H3. The molecule has 0 amide bonds. The van der Waals surface area contributed by atoms with Crippen LogP contribution in [-0.4, -0.2) is 47.6 Å². The van der Waals surface area contributed by atoms with Crippen LogP contribution in [0.5, 0.6) is 0 Å². The van der Waals surface area contributed by atoms with Crippen molar-refractivity contribution >= 4 is 0 Å². The highest BCUT2D eigenvalue weighted by Gasteiger charge is 2.41. The van der Waals surface area contributed by atoms with Crippen molar-refractivity contribution in [2.45, 2.75) is 58.2 Å². The molecule has 3 saturated heterocycles. The lowest BCUT2D eigenvalue weighted by atomic mass is 9.92. The highest BCUT2D eigenvalue weighted by molar-refractivity contribution is 4.98. The normalized spacial score (nSPS) is 46.9. The van der Waals surface area contributed by atoms with Crippen molar-refractivity contribution in [1.82, 2.24) is 9.80 Å². The molecule has 3 unspecified atom stereocenters. The van der Waals surface area contributed by atoms with Crippen LogP contribution in [0.15, 0.2) is 0 Å². The molecule has 0 aromatic carbocycles. The molecular formula is C12H24N2. The summed E-state index contributed by atoms with van der Waals surface area (Å²) in [7, 11) is 0. The van der Waals surface area contributed by atoms with E-state index in [0.29, 0.717) is 0 Å². The molecule has 2 bridgehead atoms. The molecule has 2 nitrogen and oxygen atoms in total. The van der Waals surface area contributed by atoms with Crippen LogP contribution >= 0.6 is 0 Å². The zero-order chi connectivity index (χ0) is 10.1. The number of hydrogen-bond acceptors (Lipinski definition) is 2. The quantitative estimate of drug-likeness (QED) is 0.681. The molecular weight excluding hydrogens is 172 g/mol. The Morgan fingerprint density at radius 3 is 1.43 bits per heavy atom. The number of hydrogen-bond donors (Lipinski definition) is 0. The number of rotatable bonds is 3. The average Bonchev–Trinajstić information content (AvgIpc) is 2.28. The van der Waals surface area contributed by atoms with Crippen LogP contribution in [0.2, 0.25) is 0 Å². The molecule has 0 radical (unpaired) electrons. The average molecular weight is 196 g/mol. The van der Waals surface area contributed by atoms with Gasteiger partial charge in [-0.2, -0.15) is 0 Å². The van der Waals surface area contributed by atoms with Gasteiger partial charge in [-0.1, -0.05) is 20.8 Å². The second-order valence-electron chi connectivity index (χ2n) is 4.85. The lowest BCUT2D eigenvalue weighted by molar-refractivity contribution is -0.0771. The predicted molar refractivity (Wildman–Crippen MR) is 60.5 cm³/mol. The van der Waals surface area contributed by atoms with Crippen LogP contribution in [0, 0.1) is 0 Å². The predicted octanol–water partition coefficient (Wildman–Crippen LogP) is 1.95. The Labute approximate surface area is 88.3 Å². The van der Waals surface area contributed by atoms with Gasteiger partial charge in [-0.05, 0) is 19.3 Å². The van der Waals surface area contributed by atoms with Gasteiger partial charge in [-0.15, -0.1) is 0 Å². The second-order valence-corrected chi connectivity index (χ2v) is 4.85. The molecule has 3 atom stereocenters. The third kappa shape index (κ3) is 1.59. The summed E-state index contributed by atoms with van der Waals surface area (Å²) in [4.78, 5) is 5.52. The van der Waals surface area contributed by atoms with Crippen LogP contribution in [-0.2, 0) is 0 Å². The maximum atomic E-state index is 2.83. The Morgan fingerprint density at radius 2 is 1.14 bits per heavy atom. The highest BCUT2D eigenvalue weighted by Crippen LogP contribution is 2.30. The largest absolute Gasteiger partial charge is 0.299 e. The maximum Gasteiger partial charge on any atom is 0.0227 e. The van der Waals surface area contributed by atoms with Crippen molar-refractivity contribution in [3.8, 4) is 0 Å². The first-order chi connectivity index (χ1) is 6.80. The van der Waals surface area contributed by atoms with Crippen LogP contribution in [0.4, 0.5) is 0 Å². The molecule has 0 aromatic heterocycles. The van der Waals surface area contributed by atoms with Crippen LogP contribution in [0.1, 0.15) is 40.0 Å². The van der Waals surface area contributed by atoms with Crippen molar-refractivity contribution in [3.63, 3.8) is 0 Å². The fourth-order valence-corrected chi connectivity index (χ4v) is 3.31. The van der Waals surface area contributed by atoms with Gasteiger partial charge in [0.2, 0.25) is 0 Å². The SMILES string of the molecule is CCC1CN2CC(CC)N1C(CC)C2. The topological polar surface area (TPSA) is 6.48 Å². The van der Waals surface area contributed by atoms with Gasteiger partial charge in [-0.3, -0.25) is 9.80 Å². The highest BCUT2D eigenvalue weighted by atomic mass is 15.4. The summed E-state index contributed by atoms with van der Waals surface area (Å²) in [5.74, 6) is 0. The molecule has 0 spiro atoms. The fourth-order valence-electron chi connectivity index (χ4n) is 3.31. The number of piperazine rings is 3. The van der Waals surface area contributed by atoms with Crippen molar-refractivity contribution in [2.24, 2.45) is 0 Å². The lowest BCUT2D eigenvalue weighted by Gasteiger charge is -2.56. The molecule has 0 N–H and O–H groups in total. The zero-order valence-electron chi connectivity index (χ0n) is 9.87. The number of nitrogens with zero attached hydrogens (tertiary/aromatic N) is 2. The van der Waals surface area contributed by atoms with Gasteiger partial charge in [0, 0.05) is 37.8 Å². The van der Waals surface area contributed by atoms with Gasteiger partial charge >= 0.3 is 0 Å². The third-order valence-electron chi connectivity index (χ3n) is 4.09. The molecule has 0 saturated carbocycles. The van der Waals surface area contributed by atoms with Gasteiger partial charge in [0.15, 0.2) is 0 Å². The third-order valence-corrected chi connectivity index (χ3v) is 4.09. The van der Waals surface area contributed by atoms with Crippen molar-refractivity contribution in [3.05, 3.63) is 0 Å². The Morgan fingerprint density at radius 1 is 0.786 bits per heavy atom. The van der Waals surface area contributed by atoms with E-state index < -0.39 is 0 Å². The van der Waals surface area contributed by atoms with E-state index in [1.807, 2.05) is 0 Å². The monoisotopic (exact) mass is 196 g/mol. The van der Waals surface area contributed by atoms with Crippen LogP contribution in [0.25, 0.3) is 0 Å². The molecule has 82 valence electrons. The van der Waals surface area contributed by atoms with Gasteiger partial charge in [0.25, 0.3) is 0 Å². The molecule has 0 aliphatic carbocycles. The Balaban J connectivity index is 2.13. The second kappa shape index (κ2) is 4.19. The minimum atomic E-state index is 0.840. The molecule has 3 aliphatic heterocycles. The lowest BCUT2D eigenvalue weighted by Crippen LogP contribution is -2.69. The van der Waals surface area contributed by atoms with Crippen LogP contribution < -0.4 is 0 Å². The molecule has 3 fully saturated rings. The van der Waals surface area contributed by atoms with Crippen molar-refractivity contribution in [1.29, 1.82) is 0 Å². The maximum absolute atomic E-state index is 2.83. The van der Waals surface area contributed by atoms with Crippen molar-refractivity contribution in [2.75, 3.05) is 19.6 Å². The Bertz CT molecular complexity index is 159. The summed E-state index contributed by atoms with van der Waals surface area (Å²) >= 11 is 0. The first-order valence-corrected chi connectivity index (χ1v) is 6.29. The zero-order valence-corrected chi connectivity index (χ0v) is 9.87. The van der Waals surface area contributed by atoms with E-state index in [9.17, 15) is 0 Å². The molecule has 3 heterocycles. The van der Waals surface area contributed by atoms with E-state index in [0.717, 1.165) is 18.1 Å². The summed E-state index contributed by atoms with van der Waals surface area (Å²) in [6.45, 7) is 11.0. The van der Waals surface area contributed by atoms with E-state index in [4.69, 9.17) is 0 Å². The summed E-state index contributed by atoms with van der Waals surface area (Å²) < 4.78 is 0. The Hall–Kier alpha value is -0.0800. The minimum Gasteiger partial charge on any atom is -0.299 e. The van der Waals surface area contributed by atoms with E-state index >= 15 is 0 Å². The molecule has 2 heteroatoms. The molecule has 0 aromatic rings. The van der Waals surface area contributed by atoms with Gasteiger partial charge in [0.05, 0.1) is 0 Å². The van der Waals surface area contributed by atoms with Gasteiger partial charge < -0.3 is 0 Å². The minimum absolute atomic E-state index is 0.840. The Kier molecular flexibility index (Phi) is 3.13. The number of fused-ring (bicyclic) bond motifs is 3.